The summed E-state index contributed by atoms with van der Waals surface area (Å²) < 4.78 is 12.9. The van der Waals surface area contributed by atoms with Crippen LogP contribution in [0.4, 0.5) is 10.2 Å². The molecule has 4 heteroatoms. The first-order valence-corrected chi connectivity index (χ1v) is 6.64. The quantitative estimate of drug-likeness (QED) is 0.826. The van der Waals surface area contributed by atoms with E-state index in [0.29, 0.717) is 5.15 Å². The maximum absolute atomic E-state index is 12.9. The number of nitrogens with one attached hydrogen (secondary N) is 1. The lowest BCUT2D eigenvalue weighted by atomic mass is 10.1. The van der Waals surface area contributed by atoms with Crippen molar-refractivity contribution < 1.29 is 4.39 Å². The van der Waals surface area contributed by atoms with Crippen molar-refractivity contribution in [3.8, 4) is 0 Å². The maximum atomic E-state index is 12.9. The van der Waals surface area contributed by atoms with E-state index in [9.17, 15) is 4.39 Å². The first-order chi connectivity index (χ1) is 9.08. The van der Waals surface area contributed by atoms with E-state index in [4.69, 9.17) is 11.6 Å². The van der Waals surface area contributed by atoms with Crippen LogP contribution in [0, 0.1) is 5.82 Å². The highest BCUT2D eigenvalue weighted by molar-refractivity contribution is 6.29. The third-order valence-corrected chi connectivity index (χ3v) is 3.19. The number of aromatic nitrogens is 1. The van der Waals surface area contributed by atoms with Crippen molar-refractivity contribution in [1.29, 1.82) is 0 Å². The maximum Gasteiger partial charge on any atom is 0.131 e. The number of anilines is 1. The van der Waals surface area contributed by atoms with Crippen molar-refractivity contribution in [1.82, 2.24) is 4.98 Å². The van der Waals surface area contributed by atoms with E-state index in [1.165, 1.54) is 12.1 Å². The predicted molar refractivity (Wildman–Crippen MR) is 77.1 cm³/mol. The second-order valence-electron chi connectivity index (χ2n) is 4.45. The molecule has 1 aromatic heterocycles. The van der Waals surface area contributed by atoms with E-state index in [0.717, 1.165) is 23.4 Å². The van der Waals surface area contributed by atoms with E-state index in [2.05, 4.69) is 17.2 Å². The molecule has 19 heavy (non-hydrogen) atoms. The zero-order valence-corrected chi connectivity index (χ0v) is 11.7. The van der Waals surface area contributed by atoms with Gasteiger partial charge < -0.3 is 5.32 Å². The van der Waals surface area contributed by atoms with Crippen LogP contribution in [0.2, 0.25) is 5.15 Å². The van der Waals surface area contributed by atoms with Crippen molar-refractivity contribution in [3.05, 3.63) is 58.5 Å². The summed E-state index contributed by atoms with van der Waals surface area (Å²) >= 11 is 5.98. The highest BCUT2D eigenvalue weighted by atomic mass is 35.5. The number of hydrogen-bond acceptors (Lipinski definition) is 2. The van der Waals surface area contributed by atoms with Gasteiger partial charge in [0.1, 0.15) is 16.8 Å². The minimum absolute atomic E-state index is 0.0382. The summed E-state index contributed by atoms with van der Waals surface area (Å²) in [5.41, 5.74) is 2.13. The summed E-state index contributed by atoms with van der Waals surface area (Å²) in [7, 11) is 0. The zero-order chi connectivity index (χ0) is 13.8. The van der Waals surface area contributed by atoms with E-state index in [1.807, 2.05) is 19.1 Å². The molecule has 0 aliphatic rings. The first kappa shape index (κ1) is 13.8. The highest BCUT2D eigenvalue weighted by Crippen LogP contribution is 2.21. The van der Waals surface area contributed by atoms with E-state index < -0.39 is 0 Å². The van der Waals surface area contributed by atoms with Crippen LogP contribution in [0.1, 0.15) is 31.0 Å². The minimum Gasteiger partial charge on any atom is -0.363 e. The fourth-order valence-electron chi connectivity index (χ4n) is 1.88. The van der Waals surface area contributed by atoms with Gasteiger partial charge in [0, 0.05) is 6.04 Å². The Bertz CT molecular complexity index is 555. The molecule has 2 nitrogen and oxygen atoms in total. The van der Waals surface area contributed by atoms with Crippen molar-refractivity contribution >= 4 is 17.4 Å². The summed E-state index contributed by atoms with van der Waals surface area (Å²) in [5.74, 6) is 0.506. The Labute approximate surface area is 117 Å². The Morgan fingerprint density at radius 2 is 1.95 bits per heavy atom. The molecule has 1 heterocycles. The summed E-state index contributed by atoms with van der Waals surface area (Å²) in [6.45, 7) is 4.07. The Balaban J connectivity index is 2.16. The van der Waals surface area contributed by atoms with Gasteiger partial charge in [0.05, 0.1) is 0 Å². The van der Waals surface area contributed by atoms with Crippen LogP contribution in [-0.4, -0.2) is 4.98 Å². The predicted octanol–water partition coefficient (Wildman–Crippen LogP) is 4.61. The number of aryl methyl sites for hydroxylation is 1. The van der Waals surface area contributed by atoms with Crippen LogP contribution in [0.3, 0.4) is 0 Å². The van der Waals surface area contributed by atoms with Crippen molar-refractivity contribution in [3.63, 3.8) is 0 Å². The van der Waals surface area contributed by atoms with E-state index >= 15 is 0 Å². The average molecular weight is 279 g/mol. The zero-order valence-electron chi connectivity index (χ0n) is 11.0. The number of rotatable bonds is 4. The molecule has 0 unspecified atom stereocenters. The Morgan fingerprint density at radius 1 is 1.26 bits per heavy atom. The molecular weight excluding hydrogens is 263 g/mol. The molecule has 0 spiro atoms. The third-order valence-electron chi connectivity index (χ3n) is 3.00. The van der Waals surface area contributed by atoms with Crippen LogP contribution < -0.4 is 5.32 Å². The van der Waals surface area contributed by atoms with Crippen LogP contribution in [0.15, 0.2) is 36.4 Å². The normalized spacial score (nSPS) is 12.2. The summed E-state index contributed by atoms with van der Waals surface area (Å²) in [4.78, 5) is 4.25. The van der Waals surface area contributed by atoms with Crippen molar-refractivity contribution in [2.45, 2.75) is 26.3 Å². The molecule has 0 radical (unpaired) electrons. The van der Waals surface area contributed by atoms with Gasteiger partial charge in [-0.2, -0.15) is 0 Å². The van der Waals surface area contributed by atoms with Crippen LogP contribution in [-0.2, 0) is 6.42 Å². The molecule has 0 saturated heterocycles. The Hall–Kier alpha value is -1.61. The van der Waals surface area contributed by atoms with E-state index in [-0.39, 0.29) is 11.9 Å². The Kier molecular flexibility index (Phi) is 4.38. The number of halogens is 2. The molecule has 0 fully saturated rings. The molecule has 1 N–H and O–H groups in total. The lowest BCUT2D eigenvalue weighted by Crippen LogP contribution is -2.08. The monoisotopic (exact) mass is 278 g/mol. The van der Waals surface area contributed by atoms with Crippen molar-refractivity contribution in [2.24, 2.45) is 0 Å². The molecule has 2 aromatic rings. The van der Waals surface area contributed by atoms with Gasteiger partial charge in [-0.3, -0.25) is 0 Å². The molecular formula is C15H16ClFN2. The third kappa shape index (κ3) is 3.67. The molecule has 100 valence electrons. The van der Waals surface area contributed by atoms with Gasteiger partial charge in [-0.15, -0.1) is 0 Å². The smallest absolute Gasteiger partial charge is 0.131 e. The molecule has 1 aromatic carbocycles. The van der Waals surface area contributed by atoms with Gasteiger partial charge in [0.2, 0.25) is 0 Å². The number of pyridine rings is 1. The summed E-state index contributed by atoms with van der Waals surface area (Å²) in [6.07, 6.45) is 0.905. The fourth-order valence-corrected chi connectivity index (χ4v) is 2.12. The lowest BCUT2D eigenvalue weighted by molar-refractivity contribution is 0.626. The molecule has 0 aliphatic heterocycles. The van der Waals surface area contributed by atoms with Gasteiger partial charge in [-0.1, -0.05) is 30.7 Å². The van der Waals surface area contributed by atoms with Crippen molar-refractivity contribution in [2.75, 3.05) is 5.32 Å². The Morgan fingerprint density at radius 3 is 2.58 bits per heavy atom. The molecule has 0 amide bonds. The highest BCUT2D eigenvalue weighted by Gasteiger charge is 2.07. The number of nitrogens with zero attached hydrogens (tertiary/aromatic N) is 1. The topological polar surface area (TPSA) is 24.9 Å². The standard InChI is InChI=1S/C15H16ClFN2/c1-3-11-8-14(16)19-15(9-11)18-10(2)12-4-6-13(17)7-5-12/h4-10H,3H2,1-2H3,(H,18,19)/t10-/m0/s1. The molecule has 1 atom stereocenters. The van der Waals surface area contributed by atoms with Crippen LogP contribution in [0.5, 0.6) is 0 Å². The molecule has 0 aliphatic carbocycles. The fraction of sp³-hybridized carbons (Fsp3) is 0.267. The van der Waals surface area contributed by atoms with Gasteiger partial charge in [0.25, 0.3) is 0 Å². The van der Waals surface area contributed by atoms with Gasteiger partial charge in [0.15, 0.2) is 0 Å². The largest absolute Gasteiger partial charge is 0.363 e. The second-order valence-corrected chi connectivity index (χ2v) is 4.84. The molecule has 0 saturated carbocycles. The summed E-state index contributed by atoms with van der Waals surface area (Å²) in [6, 6.07) is 10.3. The minimum atomic E-state index is -0.231. The lowest BCUT2D eigenvalue weighted by Gasteiger charge is -2.15. The van der Waals surface area contributed by atoms with E-state index in [1.54, 1.807) is 12.1 Å². The van der Waals surface area contributed by atoms with Crippen LogP contribution in [0.25, 0.3) is 0 Å². The van der Waals surface area contributed by atoms with Gasteiger partial charge >= 0.3 is 0 Å². The summed E-state index contributed by atoms with van der Waals surface area (Å²) in [5, 5.41) is 3.75. The number of hydrogen-bond donors (Lipinski definition) is 1. The molecule has 0 bridgehead atoms. The second kappa shape index (κ2) is 6.02. The number of benzene rings is 1. The van der Waals surface area contributed by atoms with Gasteiger partial charge in [-0.25, -0.2) is 9.37 Å². The first-order valence-electron chi connectivity index (χ1n) is 6.27. The van der Waals surface area contributed by atoms with Crippen LogP contribution >= 0.6 is 11.6 Å². The SMILES string of the molecule is CCc1cc(Cl)nc(N[C@@H](C)c2ccc(F)cc2)c1. The average Bonchev–Trinajstić information content (AvgIpc) is 2.38. The molecule has 2 rings (SSSR count). The van der Waals surface area contributed by atoms with Gasteiger partial charge in [-0.05, 0) is 48.7 Å².